The Morgan fingerprint density at radius 2 is 2.11 bits per heavy atom. The minimum absolute atomic E-state index is 0.179. The fourth-order valence-electron chi connectivity index (χ4n) is 1.61. The number of hydrogen-bond acceptors (Lipinski definition) is 5. The number of amides is 1. The first-order valence-electron chi connectivity index (χ1n) is 5.61. The van der Waals surface area contributed by atoms with Gasteiger partial charge in [0.2, 0.25) is 0 Å². The molecular formula is C13H13NO5. The van der Waals surface area contributed by atoms with Gasteiger partial charge < -0.3 is 19.6 Å². The Hall–Kier alpha value is -2.34. The van der Waals surface area contributed by atoms with Crippen LogP contribution in [0.2, 0.25) is 0 Å². The molecule has 6 heteroatoms. The molecule has 2 aromatic rings. The second-order valence-corrected chi connectivity index (χ2v) is 3.85. The number of nitrogens with two attached hydrogens (primary N) is 1. The fourth-order valence-corrected chi connectivity index (χ4v) is 1.61. The van der Waals surface area contributed by atoms with E-state index in [1.54, 1.807) is 25.3 Å². The number of carbonyl (C=O) groups is 1. The largest absolute Gasteiger partial charge is 0.491 e. The second kappa shape index (κ2) is 5.53. The zero-order valence-electron chi connectivity index (χ0n) is 10.3. The first-order chi connectivity index (χ1) is 9.11. The molecule has 0 atom stereocenters. The van der Waals surface area contributed by atoms with Crippen LogP contribution in [0.4, 0.5) is 0 Å². The zero-order chi connectivity index (χ0) is 13.8. The molecule has 0 spiro atoms. The Morgan fingerprint density at radius 3 is 2.79 bits per heavy atom. The number of methoxy groups -OCH3 is 1. The maximum atomic E-state index is 11.5. The van der Waals surface area contributed by atoms with E-state index in [0.29, 0.717) is 29.9 Å². The molecule has 1 amide bonds. The summed E-state index contributed by atoms with van der Waals surface area (Å²) in [4.78, 5) is 22.5. The molecule has 1 heterocycles. The van der Waals surface area contributed by atoms with Crippen molar-refractivity contribution in [1.29, 1.82) is 0 Å². The van der Waals surface area contributed by atoms with Gasteiger partial charge in [-0.15, -0.1) is 0 Å². The van der Waals surface area contributed by atoms with Gasteiger partial charge in [0.15, 0.2) is 0 Å². The SMILES string of the molecule is COCCOc1ccc2oc(=O)c(C(N)=O)cc2c1. The van der Waals surface area contributed by atoms with Crippen molar-refractivity contribution >= 4 is 16.9 Å². The Morgan fingerprint density at radius 1 is 1.32 bits per heavy atom. The van der Waals surface area contributed by atoms with Crippen molar-refractivity contribution in [3.05, 3.63) is 40.2 Å². The number of hydrogen-bond donors (Lipinski definition) is 1. The summed E-state index contributed by atoms with van der Waals surface area (Å²) in [5.74, 6) is -0.227. The molecule has 0 aliphatic rings. The van der Waals surface area contributed by atoms with E-state index in [0.717, 1.165) is 0 Å². The normalized spacial score (nSPS) is 10.6. The van der Waals surface area contributed by atoms with Crippen LogP contribution in [0.15, 0.2) is 33.5 Å². The van der Waals surface area contributed by atoms with E-state index < -0.39 is 11.5 Å². The Bertz CT molecular complexity index is 662. The highest BCUT2D eigenvalue weighted by Crippen LogP contribution is 2.20. The molecule has 0 unspecified atom stereocenters. The van der Waals surface area contributed by atoms with E-state index >= 15 is 0 Å². The molecule has 0 aliphatic heterocycles. The number of benzene rings is 1. The van der Waals surface area contributed by atoms with Gasteiger partial charge in [0.25, 0.3) is 5.91 Å². The van der Waals surface area contributed by atoms with E-state index in [2.05, 4.69) is 0 Å². The van der Waals surface area contributed by atoms with E-state index in [9.17, 15) is 9.59 Å². The third-order valence-electron chi connectivity index (χ3n) is 2.53. The lowest BCUT2D eigenvalue weighted by Gasteiger charge is -2.06. The van der Waals surface area contributed by atoms with Gasteiger partial charge in [0.1, 0.15) is 23.5 Å². The molecule has 1 aromatic heterocycles. The van der Waals surface area contributed by atoms with E-state index in [-0.39, 0.29) is 5.56 Å². The molecule has 0 radical (unpaired) electrons. The lowest BCUT2D eigenvalue weighted by atomic mass is 10.1. The third-order valence-corrected chi connectivity index (χ3v) is 2.53. The van der Waals surface area contributed by atoms with Gasteiger partial charge in [-0.1, -0.05) is 0 Å². The predicted octanol–water partition coefficient (Wildman–Crippen LogP) is 0.917. The summed E-state index contributed by atoms with van der Waals surface area (Å²) in [7, 11) is 1.58. The van der Waals surface area contributed by atoms with E-state index in [1.165, 1.54) is 6.07 Å². The van der Waals surface area contributed by atoms with Crippen molar-refractivity contribution in [2.75, 3.05) is 20.3 Å². The average Bonchev–Trinajstić information content (AvgIpc) is 2.38. The van der Waals surface area contributed by atoms with E-state index in [1.807, 2.05) is 0 Å². The summed E-state index contributed by atoms with van der Waals surface area (Å²) in [6, 6.07) is 6.33. The van der Waals surface area contributed by atoms with Gasteiger partial charge in [-0.25, -0.2) is 4.79 Å². The van der Waals surface area contributed by atoms with Crippen molar-refractivity contribution in [3.63, 3.8) is 0 Å². The molecule has 0 saturated carbocycles. The highest BCUT2D eigenvalue weighted by Gasteiger charge is 2.10. The summed E-state index contributed by atoms with van der Waals surface area (Å²) in [6.07, 6.45) is 0. The minimum atomic E-state index is -0.818. The quantitative estimate of drug-likeness (QED) is 0.639. The Balaban J connectivity index is 2.38. The summed E-state index contributed by atoms with van der Waals surface area (Å²) in [6.45, 7) is 0.871. The molecule has 2 rings (SSSR count). The average molecular weight is 263 g/mol. The predicted molar refractivity (Wildman–Crippen MR) is 68.4 cm³/mol. The summed E-state index contributed by atoms with van der Waals surface area (Å²) < 4.78 is 15.3. The number of ether oxygens (including phenoxy) is 2. The van der Waals surface area contributed by atoms with Gasteiger partial charge in [-0.3, -0.25) is 4.79 Å². The Labute approximate surface area is 108 Å². The summed E-state index contributed by atoms with van der Waals surface area (Å²) >= 11 is 0. The molecule has 19 heavy (non-hydrogen) atoms. The van der Waals surface area contributed by atoms with Crippen LogP contribution < -0.4 is 16.1 Å². The summed E-state index contributed by atoms with van der Waals surface area (Å²) in [5, 5.41) is 0.573. The monoisotopic (exact) mass is 263 g/mol. The molecule has 0 saturated heterocycles. The van der Waals surface area contributed by atoms with Crippen molar-refractivity contribution in [2.45, 2.75) is 0 Å². The number of fused-ring (bicyclic) bond motifs is 1. The lowest BCUT2D eigenvalue weighted by Crippen LogP contribution is -2.20. The van der Waals surface area contributed by atoms with Gasteiger partial charge in [-0.2, -0.15) is 0 Å². The topological polar surface area (TPSA) is 91.8 Å². The molecule has 2 N–H and O–H groups in total. The smallest absolute Gasteiger partial charge is 0.349 e. The van der Waals surface area contributed by atoms with Gasteiger partial charge in [-0.05, 0) is 24.3 Å². The van der Waals surface area contributed by atoms with Gasteiger partial charge in [0.05, 0.1) is 6.61 Å². The second-order valence-electron chi connectivity index (χ2n) is 3.85. The van der Waals surface area contributed by atoms with Crippen molar-refractivity contribution < 1.29 is 18.7 Å². The van der Waals surface area contributed by atoms with Crippen LogP contribution in [-0.2, 0) is 4.74 Å². The molecule has 0 aliphatic carbocycles. The van der Waals surface area contributed by atoms with Crippen molar-refractivity contribution in [2.24, 2.45) is 5.73 Å². The fraction of sp³-hybridized carbons (Fsp3) is 0.231. The number of rotatable bonds is 5. The maximum Gasteiger partial charge on any atom is 0.349 e. The lowest BCUT2D eigenvalue weighted by molar-refractivity contribution is 0.0997. The van der Waals surface area contributed by atoms with Crippen LogP contribution in [0.5, 0.6) is 5.75 Å². The third kappa shape index (κ3) is 2.92. The van der Waals surface area contributed by atoms with Gasteiger partial charge in [0, 0.05) is 12.5 Å². The molecule has 0 fully saturated rings. The summed E-state index contributed by atoms with van der Waals surface area (Å²) in [5.41, 5.74) is 4.54. The first kappa shape index (κ1) is 13.1. The molecule has 0 bridgehead atoms. The van der Waals surface area contributed by atoms with Gasteiger partial charge >= 0.3 is 5.63 Å². The Kier molecular flexibility index (Phi) is 3.82. The van der Waals surface area contributed by atoms with E-state index in [4.69, 9.17) is 19.6 Å². The molecular weight excluding hydrogens is 250 g/mol. The maximum absolute atomic E-state index is 11.5. The van der Waals surface area contributed by atoms with Crippen LogP contribution in [0.25, 0.3) is 11.0 Å². The highest BCUT2D eigenvalue weighted by molar-refractivity contribution is 5.95. The number of carbonyl (C=O) groups excluding carboxylic acids is 1. The van der Waals surface area contributed by atoms with Crippen molar-refractivity contribution in [1.82, 2.24) is 0 Å². The van der Waals surface area contributed by atoms with Crippen LogP contribution in [-0.4, -0.2) is 26.2 Å². The number of primary amides is 1. The van der Waals surface area contributed by atoms with Crippen LogP contribution in [0, 0.1) is 0 Å². The standard InChI is InChI=1S/C13H13NO5/c1-17-4-5-18-9-2-3-11-8(6-9)7-10(12(14)15)13(16)19-11/h2-3,6-7H,4-5H2,1H3,(H2,14,15). The minimum Gasteiger partial charge on any atom is -0.491 e. The van der Waals surface area contributed by atoms with Crippen molar-refractivity contribution in [3.8, 4) is 5.75 Å². The van der Waals surface area contributed by atoms with Crippen LogP contribution in [0.3, 0.4) is 0 Å². The zero-order valence-corrected chi connectivity index (χ0v) is 10.3. The highest BCUT2D eigenvalue weighted by atomic mass is 16.5. The molecule has 1 aromatic carbocycles. The first-order valence-corrected chi connectivity index (χ1v) is 5.61. The van der Waals surface area contributed by atoms with Crippen LogP contribution >= 0.6 is 0 Å². The van der Waals surface area contributed by atoms with Crippen LogP contribution in [0.1, 0.15) is 10.4 Å². The molecule has 100 valence electrons. The molecule has 6 nitrogen and oxygen atoms in total.